The van der Waals surface area contributed by atoms with Gasteiger partial charge < -0.3 is 14.6 Å². The minimum absolute atomic E-state index is 0.126. The van der Waals surface area contributed by atoms with E-state index in [1.165, 1.54) is 12.8 Å². The number of rotatable bonds is 6. The smallest absolute Gasteiger partial charge is 0.263 e. The van der Waals surface area contributed by atoms with Crippen molar-refractivity contribution in [2.75, 3.05) is 32.8 Å². The summed E-state index contributed by atoms with van der Waals surface area (Å²) in [5, 5.41) is 9.39. The Morgan fingerprint density at radius 1 is 1.28 bits per heavy atom. The van der Waals surface area contributed by atoms with Gasteiger partial charge in [-0.2, -0.15) is 0 Å². The number of nitrogens with zero attached hydrogens (tertiary/aromatic N) is 3. The van der Waals surface area contributed by atoms with Crippen LogP contribution >= 0.6 is 0 Å². The lowest BCUT2D eigenvalue weighted by Crippen LogP contribution is -2.56. The first-order chi connectivity index (χ1) is 12.0. The van der Waals surface area contributed by atoms with Gasteiger partial charge in [0.25, 0.3) is 11.5 Å². The maximum atomic E-state index is 12.9. The molecule has 25 heavy (non-hydrogen) atoms. The van der Waals surface area contributed by atoms with Crippen molar-refractivity contribution in [3.05, 3.63) is 33.7 Å². The van der Waals surface area contributed by atoms with Crippen LogP contribution in [0.5, 0.6) is 0 Å². The standard InChI is InChI=1S/C19H29N3O3/c1-3-22-14(2)4-7-17(19(22)25)18(24)21-10-9-20(12-15-5-6-15)16(13-21)8-11-23/h4,7,15-16,23H,3,5-6,8-13H2,1-2H3/t16-/m1/s1. The zero-order valence-corrected chi connectivity index (χ0v) is 15.3. The molecule has 2 fully saturated rings. The van der Waals surface area contributed by atoms with E-state index in [-0.39, 0.29) is 29.7 Å². The number of carbonyl (C=O) groups excluding carboxylic acids is 1. The quantitative estimate of drug-likeness (QED) is 0.837. The molecule has 1 atom stereocenters. The third-order valence-electron chi connectivity index (χ3n) is 5.48. The fraction of sp³-hybridized carbons (Fsp3) is 0.684. The summed E-state index contributed by atoms with van der Waals surface area (Å²) in [5.41, 5.74) is 0.925. The Kier molecular flexibility index (Phi) is 5.59. The molecule has 0 aromatic carbocycles. The molecule has 0 unspecified atom stereocenters. The van der Waals surface area contributed by atoms with Crippen LogP contribution in [0.2, 0.25) is 0 Å². The van der Waals surface area contributed by atoms with Crippen LogP contribution in [0.1, 0.15) is 42.2 Å². The van der Waals surface area contributed by atoms with E-state index in [0.717, 1.165) is 24.7 Å². The molecule has 1 aliphatic carbocycles. The highest BCUT2D eigenvalue weighted by Gasteiger charge is 2.34. The fourth-order valence-electron chi connectivity index (χ4n) is 3.77. The Bertz CT molecular complexity index is 681. The van der Waals surface area contributed by atoms with Crippen LogP contribution in [0.25, 0.3) is 0 Å². The van der Waals surface area contributed by atoms with Crippen LogP contribution in [0, 0.1) is 12.8 Å². The molecule has 1 saturated heterocycles. The van der Waals surface area contributed by atoms with E-state index in [4.69, 9.17) is 0 Å². The molecule has 1 aliphatic heterocycles. The number of aromatic nitrogens is 1. The molecule has 1 aromatic heterocycles. The fourth-order valence-corrected chi connectivity index (χ4v) is 3.77. The monoisotopic (exact) mass is 347 g/mol. The zero-order chi connectivity index (χ0) is 18.0. The van der Waals surface area contributed by atoms with Crippen molar-refractivity contribution in [1.82, 2.24) is 14.4 Å². The summed E-state index contributed by atoms with van der Waals surface area (Å²) in [7, 11) is 0. The number of amides is 1. The second-order valence-electron chi connectivity index (χ2n) is 7.29. The number of hydrogen-bond donors (Lipinski definition) is 1. The number of hydrogen-bond acceptors (Lipinski definition) is 4. The molecular formula is C19H29N3O3. The van der Waals surface area contributed by atoms with Gasteiger partial charge in [0.2, 0.25) is 0 Å². The van der Waals surface area contributed by atoms with E-state index in [1.54, 1.807) is 15.5 Å². The maximum absolute atomic E-state index is 12.9. The average Bonchev–Trinajstić information content (AvgIpc) is 3.41. The minimum atomic E-state index is -0.202. The largest absolute Gasteiger partial charge is 0.396 e. The molecule has 0 spiro atoms. The highest BCUT2D eigenvalue weighted by atomic mass is 16.3. The molecule has 6 nitrogen and oxygen atoms in total. The van der Waals surface area contributed by atoms with Crippen LogP contribution < -0.4 is 5.56 Å². The molecule has 0 bridgehead atoms. The molecule has 1 N–H and O–H groups in total. The first-order valence-electron chi connectivity index (χ1n) is 9.39. The second kappa shape index (κ2) is 7.70. The average molecular weight is 347 g/mol. The van der Waals surface area contributed by atoms with Gasteiger partial charge in [0.15, 0.2) is 0 Å². The van der Waals surface area contributed by atoms with E-state index < -0.39 is 0 Å². The van der Waals surface area contributed by atoms with E-state index in [1.807, 2.05) is 19.9 Å². The van der Waals surface area contributed by atoms with Gasteiger partial charge in [-0.25, -0.2) is 0 Å². The predicted molar refractivity (Wildman–Crippen MR) is 96.8 cm³/mol. The Balaban J connectivity index is 1.75. The predicted octanol–water partition coefficient (Wildman–Crippen LogP) is 1.10. The van der Waals surface area contributed by atoms with Gasteiger partial charge >= 0.3 is 0 Å². The minimum Gasteiger partial charge on any atom is -0.396 e. The van der Waals surface area contributed by atoms with Crippen molar-refractivity contribution in [1.29, 1.82) is 0 Å². The van der Waals surface area contributed by atoms with Crippen molar-refractivity contribution in [2.45, 2.75) is 45.7 Å². The van der Waals surface area contributed by atoms with Crippen LogP contribution in [-0.4, -0.2) is 64.2 Å². The lowest BCUT2D eigenvalue weighted by molar-refractivity contribution is 0.0405. The third-order valence-corrected chi connectivity index (χ3v) is 5.48. The van der Waals surface area contributed by atoms with Crippen molar-refractivity contribution >= 4 is 5.91 Å². The Hall–Kier alpha value is -1.66. The summed E-state index contributed by atoms with van der Waals surface area (Å²) in [5.74, 6) is 0.610. The highest BCUT2D eigenvalue weighted by molar-refractivity contribution is 5.94. The number of aryl methyl sites for hydroxylation is 1. The second-order valence-corrected chi connectivity index (χ2v) is 7.29. The lowest BCUT2D eigenvalue weighted by atomic mass is 10.1. The van der Waals surface area contributed by atoms with E-state index >= 15 is 0 Å². The summed E-state index contributed by atoms with van der Waals surface area (Å²) in [4.78, 5) is 29.7. The summed E-state index contributed by atoms with van der Waals surface area (Å²) in [6.45, 7) is 7.61. The summed E-state index contributed by atoms with van der Waals surface area (Å²) >= 11 is 0. The van der Waals surface area contributed by atoms with Gasteiger partial charge in [-0.1, -0.05) is 0 Å². The van der Waals surface area contributed by atoms with Crippen LogP contribution in [0.4, 0.5) is 0 Å². The van der Waals surface area contributed by atoms with E-state index in [2.05, 4.69) is 4.90 Å². The van der Waals surface area contributed by atoms with Crippen LogP contribution in [0.3, 0.4) is 0 Å². The Morgan fingerprint density at radius 3 is 2.68 bits per heavy atom. The summed E-state index contributed by atoms with van der Waals surface area (Å²) in [6, 6.07) is 3.68. The Morgan fingerprint density at radius 2 is 2.04 bits per heavy atom. The van der Waals surface area contributed by atoms with E-state index in [0.29, 0.717) is 26.1 Å². The molecule has 1 saturated carbocycles. The van der Waals surface area contributed by atoms with Crippen molar-refractivity contribution in [3.8, 4) is 0 Å². The third kappa shape index (κ3) is 3.96. The zero-order valence-electron chi connectivity index (χ0n) is 15.3. The Labute approximate surface area is 149 Å². The van der Waals surface area contributed by atoms with Crippen molar-refractivity contribution in [2.24, 2.45) is 5.92 Å². The van der Waals surface area contributed by atoms with E-state index in [9.17, 15) is 14.7 Å². The van der Waals surface area contributed by atoms with Gasteiger partial charge in [-0.05, 0) is 51.2 Å². The first-order valence-corrected chi connectivity index (χ1v) is 9.39. The van der Waals surface area contributed by atoms with Gasteiger partial charge in [-0.15, -0.1) is 0 Å². The molecule has 3 rings (SSSR count). The summed E-state index contributed by atoms with van der Waals surface area (Å²) < 4.78 is 1.64. The van der Waals surface area contributed by atoms with Gasteiger partial charge in [0, 0.05) is 51.1 Å². The number of aliphatic hydroxyl groups excluding tert-OH is 1. The highest BCUT2D eigenvalue weighted by Crippen LogP contribution is 2.31. The molecule has 1 amide bonds. The normalized spacial score (nSPS) is 21.6. The molecule has 2 aliphatic rings. The van der Waals surface area contributed by atoms with Crippen molar-refractivity contribution in [3.63, 3.8) is 0 Å². The lowest BCUT2D eigenvalue weighted by Gasteiger charge is -2.41. The van der Waals surface area contributed by atoms with Crippen molar-refractivity contribution < 1.29 is 9.90 Å². The molecule has 138 valence electrons. The van der Waals surface area contributed by atoms with Crippen LogP contribution in [0.15, 0.2) is 16.9 Å². The van der Waals surface area contributed by atoms with Gasteiger partial charge in [0.05, 0.1) is 0 Å². The number of aliphatic hydroxyl groups is 1. The molecule has 0 radical (unpaired) electrons. The first kappa shape index (κ1) is 18.1. The molecular weight excluding hydrogens is 318 g/mol. The number of pyridine rings is 1. The molecule has 2 heterocycles. The number of carbonyl (C=O) groups is 1. The van der Waals surface area contributed by atoms with Gasteiger partial charge in [0.1, 0.15) is 5.56 Å². The maximum Gasteiger partial charge on any atom is 0.263 e. The van der Waals surface area contributed by atoms with Crippen LogP contribution in [-0.2, 0) is 6.54 Å². The number of piperazine rings is 1. The summed E-state index contributed by atoms with van der Waals surface area (Å²) in [6.07, 6.45) is 3.26. The SMILES string of the molecule is CCn1c(C)ccc(C(=O)N2CCN(CC3CC3)[C@H](CCO)C2)c1=O. The topological polar surface area (TPSA) is 65.8 Å². The van der Waals surface area contributed by atoms with Gasteiger partial charge in [-0.3, -0.25) is 14.5 Å². The molecule has 1 aromatic rings. The molecule has 6 heteroatoms.